The highest BCUT2D eigenvalue weighted by molar-refractivity contribution is 5.41. The Kier molecular flexibility index (Phi) is 4.44. The van der Waals surface area contributed by atoms with Crippen molar-refractivity contribution in [3.63, 3.8) is 0 Å². The smallest absolute Gasteiger partial charge is 0.128 e. The van der Waals surface area contributed by atoms with Crippen molar-refractivity contribution >= 4 is 0 Å². The molecule has 1 unspecified atom stereocenters. The molecular formula is C14H20O4. The summed E-state index contributed by atoms with van der Waals surface area (Å²) in [5, 5.41) is 9.71. The number of hydrogen-bond donors (Lipinski definition) is 1. The Morgan fingerprint density at radius 2 is 2.33 bits per heavy atom. The van der Waals surface area contributed by atoms with Crippen LogP contribution in [0.3, 0.4) is 0 Å². The Morgan fingerprint density at radius 3 is 2.94 bits per heavy atom. The summed E-state index contributed by atoms with van der Waals surface area (Å²) < 4.78 is 16.3. The normalized spacial score (nSPS) is 20.7. The van der Waals surface area contributed by atoms with Gasteiger partial charge in [0.25, 0.3) is 0 Å². The average molecular weight is 252 g/mol. The first-order valence-corrected chi connectivity index (χ1v) is 6.27. The van der Waals surface area contributed by atoms with Crippen LogP contribution in [-0.4, -0.2) is 32.0 Å². The van der Waals surface area contributed by atoms with Crippen molar-refractivity contribution in [3.05, 3.63) is 23.8 Å². The Labute approximate surface area is 107 Å². The average Bonchev–Trinajstić information content (AvgIpc) is 2.88. The van der Waals surface area contributed by atoms with E-state index in [1.807, 2.05) is 18.2 Å². The second-order valence-electron chi connectivity index (χ2n) is 4.62. The van der Waals surface area contributed by atoms with Crippen LogP contribution in [0.2, 0.25) is 0 Å². The lowest BCUT2D eigenvalue weighted by molar-refractivity contribution is 0.161. The van der Waals surface area contributed by atoms with E-state index < -0.39 is 6.10 Å². The van der Waals surface area contributed by atoms with Crippen LogP contribution in [0.5, 0.6) is 11.5 Å². The zero-order valence-electron chi connectivity index (χ0n) is 10.9. The molecule has 1 heterocycles. The molecule has 0 aromatic heterocycles. The van der Waals surface area contributed by atoms with E-state index in [0.717, 1.165) is 30.9 Å². The van der Waals surface area contributed by atoms with Gasteiger partial charge in [-0.15, -0.1) is 0 Å². The minimum Gasteiger partial charge on any atom is -0.497 e. The molecule has 2 rings (SSSR count). The lowest BCUT2D eigenvalue weighted by atomic mass is 10.1. The molecule has 4 nitrogen and oxygen atoms in total. The van der Waals surface area contributed by atoms with Crippen LogP contribution in [0.4, 0.5) is 0 Å². The molecule has 1 aromatic carbocycles. The molecule has 2 atom stereocenters. The van der Waals surface area contributed by atoms with Crippen molar-refractivity contribution in [3.8, 4) is 11.5 Å². The van der Waals surface area contributed by atoms with Gasteiger partial charge in [0.1, 0.15) is 11.5 Å². The van der Waals surface area contributed by atoms with Gasteiger partial charge in [-0.1, -0.05) is 0 Å². The first-order chi connectivity index (χ1) is 8.70. The number of aliphatic hydroxyl groups is 1. The Balaban J connectivity index is 2.07. The van der Waals surface area contributed by atoms with E-state index in [9.17, 15) is 5.11 Å². The minimum atomic E-state index is -0.550. The molecular weight excluding hydrogens is 232 g/mol. The molecule has 1 N–H and O–H groups in total. The summed E-state index contributed by atoms with van der Waals surface area (Å²) in [4.78, 5) is 0. The Hall–Kier alpha value is -1.26. The molecule has 0 bridgehead atoms. The van der Waals surface area contributed by atoms with Gasteiger partial charge in [-0.05, 0) is 25.5 Å². The molecule has 18 heavy (non-hydrogen) atoms. The second-order valence-corrected chi connectivity index (χ2v) is 4.62. The first kappa shape index (κ1) is 13.2. The predicted molar refractivity (Wildman–Crippen MR) is 68.0 cm³/mol. The van der Waals surface area contributed by atoms with Crippen LogP contribution in [0.1, 0.15) is 25.0 Å². The van der Waals surface area contributed by atoms with Crippen LogP contribution in [-0.2, 0) is 4.74 Å². The van der Waals surface area contributed by atoms with Gasteiger partial charge in [-0.2, -0.15) is 0 Å². The molecule has 100 valence electrons. The monoisotopic (exact) mass is 252 g/mol. The van der Waals surface area contributed by atoms with Crippen LogP contribution < -0.4 is 9.47 Å². The molecule has 1 aliphatic rings. The van der Waals surface area contributed by atoms with Gasteiger partial charge in [0.05, 0.1) is 26.4 Å². The number of aliphatic hydroxyl groups excluding tert-OH is 1. The minimum absolute atomic E-state index is 0.443. The summed E-state index contributed by atoms with van der Waals surface area (Å²) >= 11 is 0. The van der Waals surface area contributed by atoms with Crippen LogP contribution >= 0.6 is 0 Å². The summed E-state index contributed by atoms with van der Waals surface area (Å²) in [6.07, 6.45) is 0.485. The quantitative estimate of drug-likeness (QED) is 0.872. The maximum Gasteiger partial charge on any atom is 0.128 e. The van der Waals surface area contributed by atoms with Crippen molar-refractivity contribution in [2.45, 2.75) is 19.4 Å². The maximum atomic E-state index is 9.71. The van der Waals surface area contributed by atoms with E-state index in [2.05, 4.69) is 0 Å². The lowest BCUT2D eigenvalue weighted by Crippen LogP contribution is -2.13. The van der Waals surface area contributed by atoms with Crippen molar-refractivity contribution < 1.29 is 19.3 Å². The summed E-state index contributed by atoms with van der Waals surface area (Å²) in [7, 11) is 1.62. The van der Waals surface area contributed by atoms with Gasteiger partial charge in [0.15, 0.2) is 0 Å². The predicted octanol–water partition coefficient (Wildman–Crippen LogP) is 2.16. The van der Waals surface area contributed by atoms with Crippen LogP contribution in [0.25, 0.3) is 0 Å². The summed E-state index contributed by atoms with van der Waals surface area (Å²) in [6.45, 7) is 3.92. The number of hydrogen-bond acceptors (Lipinski definition) is 4. The molecule has 0 saturated carbocycles. The summed E-state index contributed by atoms with van der Waals surface area (Å²) in [6, 6.07) is 5.48. The highest BCUT2D eigenvalue weighted by atomic mass is 16.5. The van der Waals surface area contributed by atoms with Gasteiger partial charge in [0, 0.05) is 24.2 Å². The van der Waals surface area contributed by atoms with Crippen LogP contribution in [0, 0.1) is 5.92 Å². The molecule has 0 amide bonds. The molecule has 1 aliphatic heterocycles. The number of benzene rings is 1. The zero-order valence-corrected chi connectivity index (χ0v) is 10.9. The van der Waals surface area contributed by atoms with Crippen molar-refractivity contribution in [1.82, 2.24) is 0 Å². The number of methoxy groups -OCH3 is 1. The summed E-state index contributed by atoms with van der Waals surface area (Å²) in [5.41, 5.74) is 0.787. The van der Waals surface area contributed by atoms with Crippen LogP contribution in [0.15, 0.2) is 18.2 Å². The van der Waals surface area contributed by atoms with E-state index in [-0.39, 0.29) is 0 Å². The van der Waals surface area contributed by atoms with Gasteiger partial charge < -0.3 is 19.3 Å². The number of rotatable bonds is 5. The maximum absolute atomic E-state index is 9.71. The standard InChI is InChI=1S/C14H20O4/c1-10(15)13-4-3-12(16-2)7-14(13)18-9-11-5-6-17-8-11/h3-4,7,10-11,15H,5-6,8-9H2,1-2H3/t10-,11?/m0/s1. The van der Waals surface area contributed by atoms with Crippen molar-refractivity contribution in [2.24, 2.45) is 5.92 Å². The Bertz CT molecular complexity index is 383. The highest BCUT2D eigenvalue weighted by Gasteiger charge is 2.18. The third-order valence-corrected chi connectivity index (χ3v) is 3.17. The first-order valence-electron chi connectivity index (χ1n) is 6.27. The van der Waals surface area contributed by atoms with Gasteiger partial charge >= 0.3 is 0 Å². The molecule has 4 heteroatoms. The second kappa shape index (κ2) is 6.07. The van der Waals surface area contributed by atoms with E-state index in [1.165, 1.54) is 0 Å². The largest absolute Gasteiger partial charge is 0.497 e. The van der Waals surface area contributed by atoms with Crippen molar-refractivity contribution in [2.75, 3.05) is 26.9 Å². The SMILES string of the molecule is COc1ccc([C@H](C)O)c(OCC2CCOC2)c1. The van der Waals surface area contributed by atoms with E-state index in [1.54, 1.807) is 14.0 Å². The van der Waals surface area contributed by atoms with Gasteiger partial charge in [-0.25, -0.2) is 0 Å². The molecule has 0 aliphatic carbocycles. The fourth-order valence-corrected chi connectivity index (χ4v) is 2.03. The van der Waals surface area contributed by atoms with E-state index >= 15 is 0 Å². The topological polar surface area (TPSA) is 47.9 Å². The fourth-order valence-electron chi connectivity index (χ4n) is 2.03. The summed E-state index contributed by atoms with van der Waals surface area (Å²) in [5.74, 6) is 1.87. The molecule has 0 spiro atoms. The van der Waals surface area contributed by atoms with E-state index in [0.29, 0.717) is 18.3 Å². The number of ether oxygens (including phenoxy) is 3. The lowest BCUT2D eigenvalue weighted by Gasteiger charge is -2.16. The molecule has 1 aromatic rings. The third-order valence-electron chi connectivity index (χ3n) is 3.17. The highest BCUT2D eigenvalue weighted by Crippen LogP contribution is 2.30. The Morgan fingerprint density at radius 1 is 1.50 bits per heavy atom. The van der Waals surface area contributed by atoms with Gasteiger partial charge in [-0.3, -0.25) is 0 Å². The fraction of sp³-hybridized carbons (Fsp3) is 0.571. The van der Waals surface area contributed by atoms with E-state index in [4.69, 9.17) is 14.2 Å². The molecule has 1 saturated heterocycles. The third kappa shape index (κ3) is 3.15. The zero-order chi connectivity index (χ0) is 13.0. The van der Waals surface area contributed by atoms with Crippen molar-refractivity contribution in [1.29, 1.82) is 0 Å². The molecule has 0 radical (unpaired) electrons. The van der Waals surface area contributed by atoms with Gasteiger partial charge in [0.2, 0.25) is 0 Å². The molecule has 1 fully saturated rings.